The van der Waals surface area contributed by atoms with Gasteiger partial charge in [-0.3, -0.25) is 0 Å². The lowest BCUT2D eigenvalue weighted by atomic mass is 10.1. The van der Waals surface area contributed by atoms with Crippen LogP contribution in [0.4, 0.5) is 8.78 Å². The Morgan fingerprint density at radius 1 is 0.944 bits per heavy atom. The summed E-state index contributed by atoms with van der Waals surface area (Å²) in [5.74, 6) is 0. The van der Waals surface area contributed by atoms with Gasteiger partial charge < -0.3 is 0 Å². The van der Waals surface area contributed by atoms with Crippen molar-refractivity contribution in [1.82, 2.24) is 0 Å². The van der Waals surface area contributed by atoms with Crippen molar-refractivity contribution < 1.29 is 8.78 Å². The summed E-state index contributed by atoms with van der Waals surface area (Å²) in [7, 11) is -2.04. The SMILES string of the molecule is CC[Si](CC)(CC)C(=C(F)F)c1ccc(C)cc1. The van der Waals surface area contributed by atoms with Crippen molar-refractivity contribution in [3.63, 3.8) is 0 Å². The van der Waals surface area contributed by atoms with Crippen molar-refractivity contribution >= 4 is 13.3 Å². The first kappa shape index (κ1) is 15.1. The van der Waals surface area contributed by atoms with Crippen LogP contribution >= 0.6 is 0 Å². The van der Waals surface area contributed by atoms with E-state index in [4.69, 9.17) is 0 Å². The molecule has 100 valence electrons. The van der Waals surface area contributed by atoms with Crippen LogP contribution in [0.3, 0.4) is 0 Å². The zero-order valence-electron chi connectivity index (χ0n) is 11.7. The molecule has 0 unspecified atom stereocenters. The van der Waals surface area contributed by atoms with Crippen LogP contribution in [0.1, 0.15) is 31.9 Å². The molecule has 0 aliphatic carbocycles. The van der Waals surface area contributed by atoms with E-state index in [9.17, 15) is 8.78 Å². The second-order valence-corrected chi connectivity index (χ2v) is 10.0. The number of rotatable bonds is 5. The number of halogens is 2. The standard InChI is InChI=1S/C15H22F2Si/c1-5-18(6-2,7-3)14(15(16)17)13-10-8-12(4)9-11-13/h8-11H,5-7H2,1-4H3. The van der Waals surface area contributed by atoms with Gasteiger partial charge in [0.1, 0.15) is 0 Å². The summed E-state index contributed by atoms with van der Waals surface area (Å²) >= 11 is 0. The second kappa shape index (κ2) is 6.28. The van der Waals surface area contributed by atoms with Crippen LogP contribution in [-0.4, -0.2) is 8.07 Å². The predicted octanol–water partition coefficient (Wildman–Crippen LogP) is 5.65. The molecule has 0 aliphatic heterocycles. The third-order valence-electron chi connectivity index (χ3n) is 4.09. The lowest BCUT2D eigenvalue weighted by Crippen LogP contribution is -2.34. The van der Waals surface area contributed by atoms with E-state index < -0.39 is 14.2 Å². The Kier molecular flexibility index (Phi) is 5.26. The quantitative estimate of drug-likeness (QED) is 0.605. The van der Waals surface area contributed by atoms with Gasteiger partial charge in [-0.15, -0.1) is 0 Å². The Bertz CT molecular complexity index is 404. The minimum absolute atomic E-state index is 0.370. The first-order valence-corrected chi connectivity index (χ1v) is 9.25. The maximum Gasteiger partial charge on any atom is 0.270 e. The Balaban J connectivity index is 3.36. The van der Waals surface area contributed by atoms with Gasteiger partial charge in [0.25, 0.3) is 6.08 Å². The highest BCUT2D eigenvalue weighted by Gasteiger charge is 2.35. The summed E-state index contributed by atoms with van der Waals surface area (Å²) in [4.78, 5) is 0. The molecule has 0 saturated carbocycles. The first-order valence-electron chi connectivity index (χ1n) is 6.63. The molecule has 0 aliphatic rings. The van der Waals surface area contributed by atoms with Gasteiger partial charge in [0.05, 0.1) is 8.07 Å². The molecular formula is C15H22F2Si. The van der Waals surface area contributed by atoms with Crippen LogP contribution in [0.25, 0.3) is 5.20 Å². The summed E-state index contributed by atoms with van der Waals surface area (Å²) in [6.45, 7) is 8.13. The van der Waals surface area contributed by atoms with Crippen LogP contribution in [0, 0.1) is 6.92 Å². The second-order valence-electron chi connectivity index (χ2n) is 4.84. The van der Waals surface area contributed by atoms with Crippen LogP contribution in [0.2, 0.25) is 18.1 Å². The zero-order chi connectivity index (χ0) is 13.8. The topological polar surface area (TPSA) is 0 Å². The van der Waals surface area contributed by atoms with E-state index in [-0.39, 0.29) is 0 Å². The number of benzene rings is 1. The molecule has 0 bridgehead atoms. The average Bonchev–Trinajstić information content (AvgIpc) is 2.37. The van der Waals surface area contributed by atoms with Crippen molar-refractivity contribution in [2.24, 2.45) is 0 Å². The van der Waals surface area contributed by atoms with Crippen molar-refractivity contribution in [3.8, 4) is 0 Å². The van der Waals surface area contributed by atoms with Gasteiger partial charge in [0.2, 0.25) is 0 Å². The maximum atomic E-state index is 13.5. The van der Waals surface area contributed by atoms with E-state index in [1.54, 1.807) is 0 Å². The monoisotopic (exact) mass is 268 g/mol. The Morgan fingerprint density at radius 2 is 1.39 bits per heavy atom. The van der Waals surface area contributed by atoms with Crippen molar-refractivity contribution in [2.75, 3.05) is 0 Å². The van der Waals surface area contributed by atoms with Crippen LogP contribution in [0.5, 0.6) is 0 Å². The van der Waals surface area contributed by atoms with Crippen molar-refractivity contribution in [2.45, 2.75) is 45.8 Å². The molecule has 0 radical (unpaired) electrons. The summed E-state index contributed by atoms with van der Waals surface area (Å²) in [6.07, 6.45) is -1.48. The smallest absolute Gasteiger partial charge is 0.174 e. The minimum atomic E-state index is -2.04. The maximum absolute atomic E-state index is 13.5. The minimum Gasteiger partial charge on any atom is -0.174 e. The molecule has 0 heterocycles. The lowest BCUT2D eigenvalue weighted by Gasteiger charge is -2.30. The summed E-state index contributed by atoms with van der Waals surface area (Å²) in [5, 5.41) is 0.370. The molecule has 0 atom stereocenters. The van der Waals surface area contributed by atoms with Gasteiger partial charge in [-0.2, -0.15) is 8.78 Å². The normalized spacial score (nSPS) is 11.4. The third-order valence-corrected chi connectivity index (χ3v) is 9.69. The van der Waals surface area contributed by atoms with Crippen molar-refractivity contribution in [3.05, 3.63) is 41.5 Å². The van der Waals surface area contributed by atoms with Crippen molar-refractivity contribution in [1.29, 1.82) is 0 Å². The van der Waals surface area contributed by atoms with Crippen LogP contribution in [-0.2, 0) is 0 Å². The molecule has 1 aromatic rings. The predicted molar refractivity (Wildman–Crippen MR) is 77.5 cm³/mol. The van der Waals surface area contributed by atoms with Gasteiger partial charge >= 0.3 is 0 Å². The van der Waals surface area contributed by atoms with Crippen LogP contribution in [0.15, 0.2) is 30.3 Å². The summed E-state index contributed by atoms with van der Waals surface area (Å²) in [5.41, 5.74) is 1.83. The molecule has 1 rings (SSSR count). The third kappa shape index (κ3) is 2.89. The molecule has 0 fully saturated rings. The van der Waals surface area contributed by atoms with E-state index in [1.807, 2.05) is 31.2 Å². The van der Waals surface area contributed by atoms with E-state index >= 15 is 0 Å². The summed E-state index contributed by atoms with van der Waals surface area (Å²) < 4.78 is 26.9. The molecule has 18 heavy (non-hydrogen) atoms. The number of hydrogen-bond acceptors (Lipinski definition) is 0. The Labute approximate surface area is 110 Å². The molecule has 1 aromatic carbocycles. The molecule has 0 nitrogen and oxygen atoms in total. The number of hydrogen-bond donors (Lipinski definition) is 0. The molecule has 0 spiro atoms. The largest absolute Gasteiger partial charge is 0.270 e. The van der Waals surface area contributed by atoms with E-state index in [0.29, 0.717) is 5.20 Å². The van der Waals surface area contributed by atoms with E-state index in [2.05, 4.69) is 20.8 Å². The Hall–Kier alpha value is -0.963. The fourth-order valence-corrected chi connectivity index (χ4v) is 6.36. The molecule has 3 heteroatoms. The molecule has 0 N–H and O–H groups in total. The van der Waals surface area contributed by atoms with Gasteiger partial charge in [0, 0.05) is 5.20 Å². The first-order chi connectivity index (χ1) is 8.50. The van der Waals surface area contributed by atoms with E-state index in [0.717, 1.165) is 29.3 Å². The highest BCUT2D eigenvalue weighted by Crippen LogP contribution is 2.38. The molecule has 0 aromatic heterocycles. The number of aryl methyl sites for hydroxylation is 1. The van der Waals surface area contributed by atoms with Gasteiger partial charge in [-0.1, -0.05) is 68.7 Å². The van der Waals surface area contributed by atoms with Gasteiger partial charge in [-0.25, -0.2) is 0 Å². The lowest BCUT2D eigenvalue weighted by molar-refractivity contribution is 0.427. The highest BCUT2D eigenvalue weighted by atomic mass is 28.3. The zero-order valence-corrected chi connectivity index (χ0v) is 12.7. The molecule has 0 amide bonds. The summed E-state index contributed by atoms with van der Waals surface area (Å²) in [6, 6.07) is 10.1. The van der Waals surface area contributed by atoms with E-state index in [1.165, 1.54) is 0 Å². The fraction of sp³-hybridized carbons (Fsp3) is 0.467. The van der Waals surface area contributed by atoms with Gasteiger partial charge in [-0.05, 0) is 12.5 Å². The Morgan fingerprint density at radius 3 is 1.72 bits per heavy atom. The molecular weight excluding hydrogens is 246 g/mol. The van der Waals surface area contributed by atoms with Gasteiger partial charge in [0.15, 0.2) is 0 Å². The van der Waals surface area contributed by atoms with Crippen LogP contribution < -0.4 is 0 Å². The highest BCUT2D eigenvalue weighted by molar-refractivity contribution is 6.96. The molecule has 0 saturated heterocycles. The average molecular weight is 268 g/mol. The fourth-order valence-electron chi connectivity index (χ4n) is 2.62.